The summed E-state index contributed by atoms with van der Waals surface area (Å²) in [5.74, 6) is 2.34. The number of benzene rings is 2. The van der Waals surface area contributed by atoms with Gasteiger partial charge in [-0.15, -0.1) is 0 Å². The van der Waals surface area contributed by atoms with E-state index in [-0.39, 0.29) is 12.6 Å². The zero-order valence-electron chi connectivity index (χ0n) is 30.6. The van der Waals surface area contributed by atoms with Crippen molar-refractivity contribution in [3.8, 4) is 11.5 Å². The van der Waals surface area contributed by atoms with E-state index in [1.165, 1.54) is 13.3 Å². The Bertz CT molecular complexity index is 1290. The molecule has 1 saturated heterocycles. The van der Waals surface area contributed by atoms with E-state index in [9.17, 15) is 4.79 Å². The summed E-state index contributed by atoms with van der Waals surface area (Å²) in [4.78, 5) is 12.1. The maximum absolute atomic E-state index is 12.1. The van der Waals surface area contributed by atoms with Crippen LogP contribution < -0.4 is 9.47 Å². The summed E-state index contributed by atoms with van der Waals surface area (Å²) in [6.07, 6.45) is 4.84. The minimum absolute atomic E-state index is 0.0418. The minimum atomic E-state index is -0.587. The molecule has 2 aliphatic rings. The van der Waals surface area contributed by atoms with E-state index in [2.05, 4.69) is 61.6 Å². The van der Waals surface area contributed by atoms with Crippen molar-refractivity contribution in [2.75, 3.05) is 44.1 Å². The summed E-state index contributed by atoms with van der Waals surface area (Å²) >= 11 is 9.49. The second kappa shape index (κ2) is 21.8. The maximum Gasteiger partial charge on any atom is 0.302 e. The van der Waals surface area contributed by atoms with Crippen LogP contribution in [0.15, 0.2) is 36.4 Å². The zero-order chi connectivity index (χ0) is 35.9. The number of alkyl halides is 1. The van der Waals surface area contributed by atoms with Crippen LogP contribution in [0.5, 0.6) is 11.5 Å². The van der Waals surface area contributed by atoms with E-state index in [0.717, 1.165) is 65.4 Å². The minimum Gasteiger partial charge on any atom is -0.494 e. The van der Waals surface area contributed by atoms with Crippen molar-refractivity contribution in [3.63, 3.8) is 0 Å². The molecule has 7 atom stereocenters. The Labute approximate surface area is 318 Å². The van der Waals surface area contributed by atoms with Gasteiger partial charge in [0, 0.05) is 41.8 Å². The van der Waals surface area contributed by atoms with Gasteiger partial charge in [0.15, 0.2) is 0 Å². The molecule has 0 spiro atoms. The third-order valence-corrected chi connectivity index (χ3v) is 10.8. The van der Waals surface area contributed by atoms with Gasteiger partial charge in [-0.3, -0.25) is 4.79 Å². The molecule has 4 rings (SSSR count). The van der Waals surface area contributed by atoms with Gasteiger partial charge >= 0.3 is 5.97 Å². The van der Waals surface area contributed by atoms with Crippen LogP contribution in [0.3, 0.4) is 0 Å². The number of hydrogen-bond acceptors (Lipinski definition) is 8. The highest BCUT2D eigenvalue weighted by molar-refractivity contribution is 14.1. The SMILES string of the molecule is CCCCO[C@@H]1[C@@H](OCCCC)[C@H](c2cc(Cc3ccc(OCC)cc3)c(Cl)cc2OC[C@@H]2C[C@@H]2CI)O[C@H](COC(C)=O)[C@H]1OCCCC. The fourth-order valence-corrected chi connectivity index (χ4v) is 7.55. The molecule has 8 nitrogen and oxygen atoms in total. The molecule has 0 radical (unpaired) electrons. The molecule has 2 fully saturated rings. The lowest BCUT2D eigenvalue weighted by Gasteiger charge is -2.46. The van der Waals surface area contributed by atoms with Crippen LogP contribution >= 0.6 is 34.2 Å². The van der Waals surface area contributed by atoms with Crippen LogP contribution in [0, 0.1) is 11.8 Å². The van der Waals surface area contributed by atoms with Gasteiger partial charge in [0.05, 0.1) is 13.2 Å². The first-order valence-corrected chi connectivity index (χ1v) is 20.6. The Hall–Kier alpha value is -1.63. The molecule has 50 heavy (non-hydrogen) atoms. The Balaban J connectivity index is 1.78. The maximum atomic E-state index is 12.1. The van der Waals surface area contributed by atoms with Gasteiger partial charge in [-0.25, -0.2) is 0 Å². The van der Waals surface area contributed by atoms with E-state index < -0.39 is 30.5 Å². The van der Waals surface area contributed by atoms with E-state index >= 15 is 0 Å². The summed E-state index contributed by atoms with van der Waals surface area (Å²) in [7, 11) is 0. The number of hydrogen-bond donors (Lipinski definition) is 0. The lowest BCUT2D eigenvalue weighted by molar-refractivity contribution is -0.267. The lowest BCUT2D eigenvalue weighted by Crippen LogP contribution is -2.58. The van der Waals surface area contributed by atoms with Crippen LogP contribution in [-0.2, 0) is 34.9 Å². The van der Waals surface area contributed by atoms with Crippen molar-refractivity contribution in [1.82, 2.24) is 0 Å². The highest BCUT2D eigenvalue weighted by Crippen LogP contribution is 2.45. The molecule has 1 aliphatic heterocycles. The van der Waals surface area contributed by atoms with Crippen molar-refractivity contribution in [1.29, 1.82) is 0 Å². The van der Waals surface area contributed by atoms with Crippen LogP contribution in [-0.4, -0.2) is 74.5 Å². The number of unbranched alkanes of at least 4 members (excludes halogenated alkanes) is 3. The van der Waals surface area contributed by atoms with Crippen LogP contribution in [0.1, 0.15) is 102 Å². The number of esters is 1. The monoisotopic (exact) mass is 828 g/mol. The summed E-state index contributed by atoms with van der Waals surface area (Å²) in [6.45, 7) is 12.7. The van der Waals surface area contributed by atoms with Gasteiger partial charge in [0.25, 0.3) is 0 Å². The number of halogens is 2. The first kappa shape index (κ1) is 41.1. The molecular formula is C40H58ClIO8. The number of rotatable bonds is 23. The first-order chi connectivity index (χ1) is 24.3. The lowest BCUT2D eigenvalue weighted by atomic mass is 9.88. The average molecular weight is 829 g/mol. The molecule has 1 saturated carbocycles. The largest absolute Gasteiger partial charge is 0.494 e. The summed E-state index contributed by atoms with van der Waals surface area (Å²) in [6, 6.07) is 12.2. The number of carbonyl (C=O) groups is 1. The number of ether oxygens (including phenoxy) is 7. The fraction of sp³-hybridized carbons (Fsp3) is 0.675. The molecule has 1 aliphatic carbocycles. The first-order valence-electron chi connectivity index (χ1n) is 18.7. The van der Waals surface area contributed by atoms with Crippen LogP contribution in [0.25, 0.3) is 0 Å². The van der Waals surface area contributed by atoms with E-state index in [1.54, 1.807) is 0 Å². The van der Waals surface area contributed by atoms with Crippen molar-refractivity contribution < 1.29 is 38.0 Å². The van der Waals surface area contributed by atoms with Gasteiger partial charge in [0.1, 0.15) is 48.6 Å². The van der Waals surface area contributed by atoms with Gasteiger partial charge in [-0.2, -0.15) is 0 Å². The molecule has 0 bridgehead atoms. The highest BCUT2D eigenvalue weighted by Gasteiger charge is 2.50. The summed E-state index contributed by atoms with van der Waals surface area (Å²) in [5.41, 5.74) is 2.91. The molecular weight excluding hydrogens is 771 g/mol. The Morgan fingerprint density at radius 2 is 1.48 bits per heavy atom. The Morgan fingerprint density at radius 1 is 0.840 bits per heavy atom. The van der Waals surface area contributed by atoms with Gasteiger partial charge in [-0.1, -0.05) is 86.4 Å². The summed E-state index contributed by atoms with van der Waals surface area (Å²) in [5, 5.41) is 0.631. The third kappa shape index (κ3) is 12.2. The van der Waals surface area contributed by atoms with Gasteiger partial charge < -0.3 is 33.2 Å². The smallest absolute Gasteiger partial charge is 0.302 e. The molecule has 1 heterocycles. The van der Waals surface area contributed by atoms with Crippen molar-refractivity contribution in [2.24, 2.45) is 11.8 Å². The van der Waals surface area contributed by atoms with Crippen molar-refractivity contribution >= 4 is 40.2 Å². The Kier molecular flexibility index (Phi) is 17.9. The molecule has 280 valence electrons. The molecule has 0 unspecified atom stereocenters. The van der Waals surface area contributed by atoms with E-state index in [1.807, 2.05) is 25.1 Å². The predicted molar refractivity (Wildman–Crippen MR) is 206 cm³/mol. The van der Waals surface area contributed by atoms with E-state index in [4.69, 9.17) is 44.8 Å². The second-order valence-corrected chi connectivity index (χ2v) is 14.7. The number of carbonyl (C=O) groups excluding carboxylic acids is 1. The van der Waals surface area contributed by atoms with Crippen LogP contribution in [0.4, 0.5) is 0 Å². The average Bonchev–Trinajstić information content (AvgIpc) is 3.88. The predicted octanol–water partition coefficient (Wildman–Crippen LogP) is 9.34. The molecule has 2 aromatic rings. The molecule has 0 aromatic heterocycles. The highest BCUT2D eigenvalue weighted by atomic mass is 127. The zero-order valence-corrected chi connectivity index (χ0v) is 33.5. The topological polar surface area (TPSA) is 81.7 Å². The Morgan fingerprint density at radius 3 is 2.06 bits per heavy atom. The fourth-order valence-electron chi connectivity index (χ4n) is 6.26. The molecule has 0 N–H and O–H groups in total. The molecule has 2 aromatic carbocycles. The van der Waals surface area contributed by atoms with E-state index in [0.29, 0.717) is 62.1 Å². The molecule has 0 amide bonds. The van der Waals surface area contributed by atoms with Crippen molar-refractivity contribution in [3.05, 3.63) is 58.1 Å². The third-order valence-electron chi connectivity index (χ3n) is 9.34. The molecule has 10 heteroatoms. The normalized spacial score (nSPS) is 24.6. The second-order valence-electron chi connectivity index (χ2n) is 13.4. The van der Waals surface area contributed by atoms with Gasteiger partial charge in [0.2, 0.25) is 0 Å². The van der Waals surface area contributed by atoms with Crippen LogP contribution in [0.2, 0.25) is 5.02 Å². The standard InChI is InChI=1S/C40H58ClIO8/c1-6-10-17-45-38-36(26-48-27(5)43)50-37(39(46-18-11-7-2)40(38)47-19-12-8-3)33-22-29(20-28-13-15-32(16-14-28)44-9-4)34(41)23-35(33)49-25-31-21-30(31)24-42/h13-16,22-23,30-31,36-40H,6-12,17-21,24-26H2,1-5H3/t30-,31+,36-,37+,38-,39+,40+/m1/s1. The summed E-state index contributed by atoms with van der Waals surface area (Å²) < 4.78 is 46.0. The van der Waals surface area contributed by atoms with Crippen molar-refractivity contribution in [2.45, 2.75) is 117 Å². The van der Waals surface area contributed by atoms with Gasteiger partial charge in [-0.05, 0) is 86.3 Å². The quantitative estimate of drug-likeness (QED) is 0.0475.